The van der Waals surface area contributed by atoms with Crippen molar-refractivity contribution in [1.29, 1.82) is 0 Å². The standard InChI is InChI=1S/C27H28BrClN2O2/c1-2-16-30-27(33)25(17-20-6-4-3-5-7-20)31(19-22-8-12-23(28)13-9-22)26(32)18-21-10-14-24(29)15-11-21/h3-15,25H,2,16-19H2,1H3,(H,30,33)/t25-/m1/s1. The van der Waals surface area contributed by atoms with Gasteiger partial charge in [-0.05, 0) is 47.4 Å². The Morgan fingerprint density at radius 1 is 0.909 bits per heavy atom. The van der Waals surface area contributed by atoms with E-state index in [9.17, 15) is 9.59 Å². The zero-order valence-corrected chi connectivity index (χ0v) is 21.0. The van der Waals surface area contributed by atoms with Crippen LogP contribution in [0.25, 0.3) is 0 Å². The van der Waals surface area contributed by atoms with E-state index in [1.807, 2.05) is 73.7 Å². The molecule has 4 nitrogen and oxygen atoms in total. The first-order chi connectivity index (χ1) is 16.0. The number of nitrogens with one attached hydrogen (secondary N) is 1. The quantitative estimate of drug-likeness (QED) is 0.362. The zero-order chi connectivity index (χ0) is 23.6. The van der Waals surface area contributed by atoms with Crippen LogP contribution >= 0.6 is 27.5 Å². The van der Waals surface area contributed by atoms with E-state index in [0.29, 0.717) is 24.5 Å². The summed E-state index contributed by atoms with van der Waals surface area (Å²) in [6.45, 7) is 2.93. The highest BCUT2D eigenvalue weighted by Crippen LogP contribution is 2.19. The summed E-state index contributed by atoms with van der Waals surface area (Å²) >= 11 is 9.47. The molecule has 1 atom stereocenters. The monoisotopic (exact) mass is 526 g/mol. The Hall–Kier alpha value is -2.63. The fourth-order valence-corrected chi connectivity index (χ4v) is 3.98. The molecule has 3 aromatic rings. The van der Waals surface area contributed by atoms with Crippen LogP contribution in [0.2, 0.25) is 5.02 Å². The van der Waals surface area contributed by atoms with Gasteiger partial charge in [0.1, 0.15) is 6.04 Å². The van der Waals surface area contributed by atoms with Gasteiger partial charge in [-0.25, -0.2) is 0 Å². The third-order valence-electron chi connectivity index (χ3n) is 5.36. The van der Waals surface area contributed by atoms with E-state index in [0.717, 1.165) is 27.6 Å². The van der Waals surface area contributed by atoms with Crippen LogP contribution in [0.4, 0.5) is 0 Å². The second-order valence-electron chi connectivity index (χ2n) is 7.95. The van der Waals surface area contributed by atoms with Crippen molar-refractivity contribution in [1.82, 2.24) is 10.2 Å². The summed E-state index contributed by atoms with van der Waals surface area (Å²) in [7, 11) is 0. The number of rotatable bonds is 10. The molecule has 33 heavy (non-hydrogen) atoms. The van der Waals surface area contributed by atoms with Gasteiger partial charge in [-0.3, -0.25) is 9.59 Å². The topological polar surface area (TPSA) is 49.4 Å². The fraction of sp³-hybridized carbons (Fsp3) is 0.259. The number of hydrogen-bond acceptors (Lipinski definition) is 2. The van der Waals surface area contributed by atoms with Crippen molar-refractivity contribution in [2.75, 3.05) is 6.54 Å². The Kier molecular flexibility index (Phi) is 9.52. The van der Waals surface area contributed by atoms with E-state index in [1.165, 1.54) is 0 Å². The van der Waals surface area contributed by atoms with Gasteiger partial charge in [0.15, 0.2) is 0 Å². The second-order valence-corrected chi connectivity index (χ2v) is 9.30. The smallest absolute Gasteiger partial charge is 0.243 e. The molecule has 0 aliphatic heterocycles. The molecule has 0 aromatic heterocycles. The highest BCUT2D eigenvalue weighted by atomic mass is 79.9. The first kappa shape index (κ1) is 25.0. The van der Waals surface area contributed by atoms with E-state index >= 15 is 0 Å². The molecule has 0 radical (unpaired) electrons. The second kappa shape index (κ2) is 12.6. The van der Waals surface area contributed by atoms with Crippen molar-refractivity contribution < 1.29 is 9.59 Å². The molecule has 172 valence electrons. The number of amides is 2. The summed E-state index contributed by atoms with van der Waals surface area (Å²) in [5.41, 5.74) is 2.83. The number of carbonyl (C=O) groups excluding carboxylic acids is 2. The van der Waals surface area contributed by atoms with Crippen LogP contribution < -0.4 is 5.32 Å². The van der Waals surface area contributed by atoms with E-state index < -0.39 is 6.04 Å². The maximum absolute atomic E-state index is 13.6. The normalized spacial score (nSPS) is 11.6. The minimum Gasteiger partial charge on any atom is -0.354 e. The number of benzene rings is 3. The van der Waals surface area contributed by atoms with Gasteiger partial charge in [-0.2, -0.15) is 0 Å². The highest BCUT2D eigenvalue weighted by Gasteiger charge is 2.30. The number of nitrogens with zero attached hydrogens (tertiary/aromatic N) is 1. The first-order valence-electron chi connectivity index (χ1n) is 11.1. The molecule has 6 heteroatoms. The van der Waals surface area contributed by atoms with Crippen LogP contribution in [0.15, 0.2) is 83.3 Å². The Labute approximate surface area is 209 Å². The maximum Gasteiger partial charge on any atom is 0.243 e. The fourth-order valence-electron chi connectivity index (χ4n) is 3.58. The Bertz CT molecular complexity index is 1040. The summed E-state index contributed by atoms with van der Waals surface area (Å²) in [6.07, 6.45) is 1.47. The van der Waals surface area contributed by atoms with E-state index in [-0.39, 0.29) is 18.2 Å². The van der Waals surface area contributed by atoms with Gasteiger partial charge in [0.05, 0.1) is 6.42 Å². The summed E-state index contributed by atoms with van der Waals surface area (Å²) < 4.78 is 0.965. The third-order valence-corrected chi connectivity index (χ3v) is 6.14. The van der Waals surface area contributed by atoms with Gasteiger partial charge in [0, 0.05) is 29.0 Å². The SMILES string of the molecule is CCCNC(=O)[C@@H](Cc1ccccc1)N(Cc1ccc(Br)cc1)C(=O)Cc1ccc(Cl)cc1. The predicted octanol–water partition coefficient (Wildman–Crippen LogP) is 5.81. The predicted molar refractivity (Wildman–Crippen MR) is 137 cm³/mol. The van der Waals surface area contributed by atoms with Gasteiger partial charge in [-0.15, -0.1) is 0 Å². The molecule has 3 rings (SSSR count). The molecule has 0 heterocycles. The van der Waals surface area contributed by atoms with Gasteiger partial charge in [0.25, 0.3) is 0 Å². The number of hydrogen-bond donors (Lipinski definition) is 1. The summed E-state index contributed by atoms with van der Waals surface area (Å²) in [5, 5.41) is 3.62. The first-order valence-corrected chi connectivity index (χ1v) is 12.2. The van der Waals surface area contributed by atoms with Crippen LogP contribution in [-0.2, 0) is 29.0 Å². The van der Waals surface area contributed by atoms with Gasteiger partial charge in [-0.1, -0.05) is 89.1 Å². The van der Waals surface area contributed by atoms with Crippen LogP contribution in [0.5, 0.6) is 0 Å². The lowest BCUT2D eigenvalue weighted by atomic mass is 10.0. The molecule has 0 unspecified atom stereocenters. The van der Waals surface area contributed by atoms with Gasteiger partial charge >= 0.3 is 0 Å². The molecule has 2 amide bonds. The maximum atomic E-state index is 13.6. The molecule has 3 aromatic carbocycles. The summed E-state index contributed by atoms with van der Waals surface area (Å²) in [6, 6.07) is 24.3. The molecule has 0 spiro atoms. The van der Waals surface area contributed by atoms with E-state index in [2.05, 4.69) is 21.2 Å². The summed E-state index contributed by atoms with van der Waals surface area (Å²) in [5.74, 6) is -0.241. The lowest BCUT2D eigenvalue weighted by molar-refractivity contribution is -0.140. The molecule has 1 N–H and O–H groups in total. The van der Waals surface area contributed by atoms with Crippen molar-refractivity contribution in [2.45, 2.75) is 38.8 Å². The highest BCUT2D eigenvalue weighted by molar-refractivity contribution is 9.10. The lowest BCUT2D eigenvalue weighted by Gasteiger charge is -2.31. The third kappa shape index (κ3) is 7.72. The average molecular weight is 528 g/mol. The lowest BCUT2D eigenvalue weighted by Crippen LogP contribution is -2.51. The largest absolute Gasteiger partial charge is 0.354 e. The van der Waals surface area contributed by atoms with Gasteiger partial charge in [0.2, 0.25) is 11.8 Å². The number of halogens is 2. The minimum absolute atomic E-state index is 0.104. The average Bonchev–Trinajstić information content (AvgIpc) is 2.83. The van der Waals surface area contributed by atoms with Crippen LogP contribution in [0, 0.1) is 0 Å². The molecule has 0 aliphatic rings. The zero-order valence-electron chi connectivity index (χ0n) is 18.6. The molecule has 0 saturated heterocycles. The van der Waals surface area contributed by atoms with Crippen LogP contribution in [0.1, 0.15) is 30.0 Å². The summed E-state index contributed by atoms with van der Waals surface area (Å²) in [4.78, 5) is 28.6. The Balaban J connectivity index is 1.93. The molecular formula is C27H28BrClN2O2. The molecule has 0 bridgehead atoms. The molecular weight excluding hydrogens is 500 g/mol. The van der Waals surface area contributed by atoms with Gasteiger partial charge < -0.3 is 10.2 Å². The van der Waals surface area contributed by atoms with Crippen LogP contribution in [-0.4, -0.2) is 29.3 Å². The molecule has 0 aliphatic carbocycles. The van der Waals surface area contributed by atoms with Crippen LogP contribution in [0.3, 0.4) is 0 Å². The van der Waals surface area contributed by atoms with Crippen molar-refractivity contribution in [2.24, 2.45) is 0 Å². The minimum atomic E-state index is -0.623. The van der Waals surface area contributed by atoms with Crippen molar-refractivity contribution in [3.8, 4) is 0 Å². The Morgan fingerprint density at radius 2 is 1.55 bits per heavy atom. The number of carbonyl (C=O) groups is 2. The van der Waals surface area contributed by atoms with E-state index in [4.69, 9.17) is 11.6 Å². The van der Waals surface area contributed by atoms with Crippen molar-refractivity contribution in [3.63, 3.8) is 0 Å². The molecule has 0 saturated carbocycles. The van der Waals surface area contributed by atoms with E-state index in [1.54, 1.807) is 17.0 Å². The van der Waals surface area contributed by atoms with Crippen molar-refractivity contribution >= 4 is 39.3 Å². The van der Waals surface area contributed by atoms with Crippen molar-refractivity contribution in [3.05, 3.63) is 105 Å². The molecule has 0 fully saturated rings. The Morgan fingerprint density at radius 3 is 2.18 bits per heavy atom.